The molecule has 0 aliphatic rings. The SMILES string of the molecule is CCCCNS(=O)(=O)[C@@H](Cc1ccc(C(=O)N(OCC)C(C)=O)cc1)C(=O)OC(C)(C)C. The molecule has 0 radical (unpaired) electrons. The second-order valence-corrected chi connectivity index (χ2v) is 10.2. The van der Waals surface area contributed by atoms with Crippen LogP contribution in [0.15, 0.2) is 24.3 Å². The summed E-state index contributed by atoms with van der Waals surface area (Å²) in [5, 5.41) is -0.780. The van der Waals surface area contributed by atoms with Crippen LogP contribution >= 0.6 is 0 Å². The summed E-state index contributed by atoms with van der Waals surface area (Å²) in [6, 6.07) is 5.98. The highest BCUT2D eigenvalue weighted by atomic mass is 32.2. The molecule has 0 heterocycles. The molecular formula is C22H34N2O7S. The van der Waals surface area contributed by atoms with E-state index in [1.54, 1.807) is 27.7 Å². The lowest BCUT2D eigenvalue weighted by atomic mass is 10.1. The number of esters is 1. The highest BCUT2D eigenvalue weighted by molar-refractivity contribution is 7.90. The molecule has 1 aromatic carbocycles. The fraction of sp³-hybridized carbons (Fsp3) is 0.591. The predicted molar refractivity (Wildman–Crippen MR) is 120 cm³/mol. The number of amides is 2. The Morgan fingerprint density at radius 3 is 2.16 bits per heavy atom. The van der Waals surface area contributed by atoms with E-state index in [2.05, 4.69) is 4.72 Å². The van der Waals surface area contributed by atoms with Gasteiger partial charge in [0.15, 0.2) is 5.25 Å². The number of benzene rings is 1. The van der Waals surface area contributed by atoms with Gasteiger partial charge in [-0.05, 0) is 51.8 Å². The van der Waals surface area contributed by atoms with E-state index in [1.165, 1.54) is 31.2 Å². The highest BCUT2D eigenvalue weighted by Gasteiger charge is 2.36. The van der Waals surface area contributed by atoms with E-state index in [4.69, 9.17) is 9.57 Å². The first-order chi connectivity index (χ1) is 14.8. The number of sulfonamides is 1. The van der Waals surface area contributed by atoms with E-state index in [9.17, 15) is 22.8 Å². The molecule has 10 heteroatoms. The van der Waals surface area contributed by atoms with Crippen LogP contribution in [0.2, 0.25) is 0 Å². The maximum absolute atomic E-state index is 12.8. The average molecular weight is 471 g/mol. The smallest absolute Gasteiger partial charge is 0.326 e. The lowest BCUT2D eigenvalue weighted by Crippen LogP contribution is -2.44. The monoisotopic (exact) mass is 470 g/mol. The number of nitrogens with zero attached hydrogens (tertiary/aromatic N) is 1. The Hall–Kier alpha value is -2.30. The summed E-state index contributed by atoms with van der Waals surface area (Å²) in [7, 11) is -3.99. The van der Waals surface area contributed by atoms with Crippen LogP contribution in [0.3, 0.4) is 0 Å². The molecule has 0 fully saturated rings. The Morgan fingerprint density at radius 1 is 1.09 bits per heavy atom. The van der Waals surface area contributed by atoms with Crippen molar-refractivity contribution in [3.05, 3.63) is 35.4 Å². The van der Waals surface area contributed by atoms with E-state index >= 15 is 0 Å². The van der Waals surface area contributed by atoms with E-state index in [1.807, 2.05) is 6.92 Å². The fourth-order valence-corrected chi connectivity index (χ4v) is 4.06. The van der Waals surface area contributed by atoms with Gasteiger partial charge in [-0.1, -0.05) is 25.5 Å². The van der Waals surface area contributed by atoms with E-state index < -0.39 is 38.7 Å². The largest absolute Gasteiger partial charge is 0.459 e. The molecule has 0 bridgehead atoms. The first kappa shape index (κ1) is 27.7. The molecular weight excluding hydrogens is 436 g/mol. The first-order valence-electron chi connectivity index (χ1n) is 10.6. The number of rotatable bonds is 11. The highest BCUT2D eigenvalue weighted by Crippen LogP contribution is 2.17. The van der Waals surface area contributed by atoms with Crippen molar-refractivity contribution in [1.82, 2.24) is 9.79 Å². The quantitative estimate of drug-likeness (QED) is 0.300. The summed E-state index contributed by atoms with van der Waals surface area (Å²) in [5.41, 5.74) is -0.140. The van der Waals surface area contributed by atoms with Crippen LogP contribution in [-0.2, 0) is 35.6 Å². The van der Waals surface area contributed by atoms with Crippen LogP contribution < -0.4 is 4.72 Å². The Kier molecular flexibility index (Phi) is 10.5. The Labute approximate surface area is 190 Å². The summed E-state index contributed by atoms with van der Waals surface area (Å²) >= 11 is 0. The van der Waals surface area contributed by atoms with Crippen molar-refractivity contribution < 1.29 is 32.4 Å². The van der Waals surface area contributed by atoms with Gasteiger partial charge in [0.1, 0.15) is 5.60 Å². The van der Waals surface area contributed by atoms with Crippen molar-refractivity contribution in [2.75, 3.05) is 13.2 Å². The molecule has 0 aliphatic carbocycles. The fourth-order valence-electron chi connectivity index (χ4n) is 2.72. The predicted octanol–water partition coefficient (Wildman–Crippen LogP) is 2.60. The van der Waals surface area contributed by atoms with Gasteiger partial charge in [0, 0.05) is 25.5 Å². The molecule has 0 aromatic heterocycles. The molecule has 1 rings (SSSR count). The van der Waals surface area contributed by atoms with Crippen molar-refractivity contribution in [3.8, 4) is 0 Å². The number of unbranched alkanes of at least 4 members (excludes halogenated alkanes) is 1. The minimum atomic E-state index is -3.99. The Balaban J connectivity index is 3.12. The number of hydrogen-bond donors (Lipinski definition) is 1. The van der Waals surface area contributed by atoms with E-state index in [0.717, 1.165) is 6.42 Å². The molecule has 0 spiro atoms. The maximum Gasteiger partial charge on any atom is 0.326 e. The molecule has 0 saturated heterocycles. The normalized spacial score (nSPS) is 12.8. The van der Waals surface area contributed by atoms with E-state index in [-0.39, 0.29) is 25.1 Å². The van der Waals surface area contributed by atoms with Crippen molar-refractivity contribution >= 4 is 27.8 Å². The minimum absolute atomic E-state index is 0.132. The minimum Gasteiger partial charge on any atom is -0.459 e. The zero-order valence-electron chi connectivity index (χ0n) is 19.6. The molecule has 1 aromatic rings. The number of hydrogen-bond acceptors (Lipinski definition) is 7. The van der Waals surface area contributed by atoms with Gasteiger partial charge < -0.3 is 4.74 Å². The lowest BCUT2D eigenvalue weighted by Gasteiger charge is -2.24. The van der Waals surface area contributed by atoms with Gasteiger partial charge in [0.2, 0.25) is 10.0 Å². The average Bonchev–Trinajstić information content (AvgIpc) is 2.68. The summed E-state index contributed by atoms with van der Waals surface area (Å²) in [4.78, 5) is 41.9. The second kappa shape index (κ2) is 12.1. The zero-order valence-corrected chi connectivity index (χ0v) is 20.5. The Bertz CT molecular complexity index is 890. The first-order valence-corrected chi connectivity index (χ1v) is 12.1. The van der Waals surface area contributed by atoms with Crippen LogP contribution in [0.4, 0.5) is 0 Å². The number of hydroxylamine groups is 2. The van der Waals surface area contributed by atoms with Gasteiger partial charge in [-0.25, -0.2) is 13.1 Å². The van der Waals surface area contributed by atoms with E-state index in [0.29, 0.717) is 17.0 Å². The number of carbonyl (C=O) groups is 3. The third-order valence-corrected chi connectivity index (χ3v) is 5.94. The number of ether oxygens (including phenoxy) is 1. The van der Waals surface area contributed by atoms with Crippen molar-refractivity contribution in [1.29, 1.82) is 0 Å². The molecule has 0 saturated carbocycles. The second-order valence-electron chi connectivity index (χ2n) is 8.25. The standard InChI is InChI=1S/C22H34N2O7S/c1-7-9-14-23-32(28,29)19(21(27)31-22(4,5)6)15-17-10-12-18(13-11-17)20(26)24(16(3)25)30-8-2/h10-13,19,23H,7-9,14-15H2,1-6H3/t19-/m0/s1. The molecule has 0 aliphatic heterocycles. The van der Waals surface area contributed by atoms with Crippen LogP contribution in [0.1, 0.15) is 70.3 Å². The third-order valence-electron chi connectivity index (χ3n) is 4.23. The molecule has 32 heavy (non-hydrogen) atoms. The third kappa shape index (κ3) is 8.68. The topological polar surface area (TPSA) is 119 Å². The van der Waals surface area contributed by atoms with Gasteiger partial charge in [0.05, 0.1) is 6.61 Å². The van der Waals surface area contributed by atoms with Gasteiger partial charge in [-0.3, -0.25) is 19.2 Å². The van der Waals surface area contributed by atoms with Gasteiger partial charge in [0.25, 0.3) is 11.8 Å². The van der Waals surface area contributed by atoms with Crippen LogP contribution in [0.5, 0.6) is 0 Å². The van der Waals surface area contributed by atoms with Gasteiger partial charge in [-0.15, -0.1) is 5.06 Å². The van der Waals surface area contributed by atoms with Crippen molar-refractivity contribution in [2.45, 2.75) is 71.7 Å². The molecule has 9 nitrogen and oxygen atoms in total. The summed E-state index contributed by atoms with van der Waals surface area (Å²) in [5.74, 6) is -2.04. The van der Waals surface area contributed by atoms with Crippen LogP contribution in [0.25, 0.3) is 0 Å². The summed E-state index contributed by atoms with van der Waals surface area (Å²) in [6.45, 7) is 10.2. The molecule has 1 N–H and O–H groups in total. The maximum atomic E-state index is 12.8. The molecule has 180 valence electrons. The summed E-state index contributed by atoms with van der Waals surface area (Å²) in [6.07, 6.45) is 1.31. The number of imide groups is 1. The van der Waals surface area contributed by atoms with Crippen LogP contribution in [-0.4, -0.2) is 55.3 Å². The lowest BCUT2D eigenvalue weighted by molar-refractivity contribution is -0.165. The molecule has 2 amide bonds. The zero-order chi connectivity index (χ0) is 24.5. The summed E-state index contributed by atoms with van der Waals surface area (Å²) < 4.78 is 33.5. The molecule has 1 atom stereocenters. The Morgan fingerprint density at radius 2 is 1.69 bits per heavy atom. The number of carbonyl (C=O) groups excluding carboxylic acids is 3. The van der Waals surface area contributed by atoms with Crippen LogP contribution in [0, 0.1) is 0 Å². The van der Waals surface area contributed by atoms with Gasteiger partial charge >= 0.3 is 5.97 Å². The van der Waals surface area contributed by atoms with Gasteiger partial charge in [-0.2, -0.15) is 0 Å². The molecule has 0 unspecified atom stereocenters. The van der Waals surface area contributed by atoms with Crippen molar-refractivity contribution in [2.24, 2.45) is 0 Å². The van der Waals surface area contributed by atoms with Crippen molar-refractivity contribution in [3.63, 3.8) is 0 Å². The number of nitrogens with one attached hydrogen (secondary N) is 1.